The van der Waals surface area contributed by atoms with Crippen LogP contribution in [0.15, 0.2) is 88.5 Å². The number of amides is 1. The van der Waals surface area contributed by atoms with Crippen LogP contribution < -0.4 is 14.9 Å². The van der Waals surface area contributed by atoms with Gasteiger partial charge in [-0.3, -0.25) is 9.78 Å². The first kappa shape index (κ1) is 24.8. The Bertz CT molecular complexity index is 1790. The number of ether oxygens (including phenoxy) is 1. The third kappa shape index (κ3) is 5.01. The lowest BCUT2D eigenvalue weighted by molar-refractivity contribution is -0.118. The lowest BCUT2D eigenvalue weighted by atomic mass is 10.1. The number of hydrogen-bond acceptors (Lipinski definition) is 6. The Morgan fingerprint density at radius 1 is 1.13 bits per heavy atom. The number of hydrogen-bond donors (Lipinski definition) is 1. The topological polar surface area (TPSA) is 85.8 Å². The fourth-order valence-corrected chi connectivity index (χ4v) is 5.47. The highest BCUT2D eigenvalue weighted by atomic mass is 35.5. The lowest BCUT2D eigenvalue weighted by Gasteiger charge is -2.18. The summed E-state index contributed by atoms with van der Waals surface area (Å²) in [6.45, 7) is 4.14. The van der Waals surface area contributed by atoms with Crippen molar-refractivity contribution >= 4 is 46.4 Å². The number of aryl methyl sites for hydroxylation is 1. The van der Waals surface area contributed by atoms with Crippen LogP contribution in [0.3, 0.4) is 0 Å². The maximum atomic E-state index is 11.9. The molecule has 0 radical (unpaired) electrons. The minimum Gasteiger partial charge on any atom is -0.482 e. The van der Waals surface area contributed by atoms with Crippen LogP contribution in [-0.4, -0.2) is 33.0 Å². The molecule has 1 aliphatic heterocycles. The quantitative estimate of drug-likeness (QED) is 0.266. The maximum absolute atomic E-state index is 11.9. The van der Waals surface area contributed by atoms with Crippen molar-refractivity contribution in [2.75, 3.05) is 11.9 Å². The number of carbonyl (C=O) groups excluding carboxylic acids is 1. The molecular formula is C29H23ClN6O2S. The molecule has 2 aromatic carbocycles. The van der Waals surface area contributed by atoms with Crippen LogP contribution in [0.5, 0.6) is 5.75 Å². The summed E-state index contributed by atoms with van der Waals surface area (Å²) in [7, 11) is 0. The largest absolute Gasteiger partial charge is 0.482 e. The second-order valence-corrected chi connectivity index (χ2v) is 10.2. The van der Waals surface area contributed by atoms with Crippen molar-refractivity contribution < 1.29 is 9.53 Å². The van der Waals surface area contributed by atoms with Crippen LogP contribution in [0.2, 0.25) is 5.02 Å². The van der Waals surface area contributed by atoms with Gasteiger partial charge in [0.2, 0.25) is 4.80 Å². The van der Waals surface area contributed by atoms with E-state index in [-0.39, 0.29) is 12.5 Å². The Hall–Kier alpha value is -4.47. The first-order chi connectivity index (χ1) is 19.0. The van der Waals surface area contributed by atoms with E-state index >= 15 is 0 Å². The summed E-state index contributed by atoms with van der Waals surface area (Å²) < 4.78 is 9.51. The van der Waals surface area contributed by atoms with Crippen molar-refractivity contribution in [1.29, 1.82) is 0 Å². The fourth-order valence-electron chi connectivity index (χ4n) is 4.49. The molecule has 5 aromatic rings. The van der Waals surface area contributed by atoms with Gasteiger partial charge in [0.25, 0.3) is 5.91 Å². The Kier molecular flexibility index (Phi) is 6.60. The van der Waals surface area contributed by atoms with Gasteiger partial charge in [-0.1, -0.05) is 11.6 Å². The highest BCUT2D eigenvalue weighted by molar-refractivity contribution is 7.07. The van der Waals surface area contributed by atoms with E-state index in [0.29, 0.717) is 21.3 Å². The summed E-state index contributed by atoms with van der Waals surface area (Å²) in [5, 5.41) is 10.5. The van der Waals surface area contributed by atoms with E-state index in [4.69, 9.17) is 26.4 Å². The van der Waals surface area contributed by atoms with E-state index in [1.165, 1.54) is 11.3 Å². The van der Waals surface area contributed by atoms with Crippen LogP contribution in [0.4, 0.5) is 11.4 Å². The van der Waals surface area contributed by atoms with Gasteiger partial charge in [0.1, 0.15) is 5.75 Å². The molecule has 1 N–H and O–H groups in total. The summed E-state index contributed by atoms with van der Waals surface area (Å²) >= 11 is 7.57. The summed E-state index contributed by atoms with van der Waals surface area (Å²) in [5.74, 6) is 0.456. The molecule has 0 saturated heterocycles. The van der Waals surface area contributed by atoms with Gasteiger partial charge in [0.15, 0.2) is 6.61 Å². The normalized spacial score (nSPS) is 13.4. The zero-order chi connectivity index (χ0) is 26.9. The van der Waals surface area contributed by atoms with Crippen molar-refractivity contribution in [3.63, 3.8) is 0 Å². The van der Waals surface area contributed by atoms with Crippen molar-refractivity contribution in [2.45, 2.75) is 13.8 Å². The summed E-state index contributed by atoms with van der Waals surface area (Å²) in [6, 6.07) is 19.3. The number of rotatable bonds is 5. The van der Waals surface area contributed by atoms with Crippen molar-refractivity contribution in [3.8, 4) is 22.7 Å². The van der Waals surface area contributed by atoms with Crippen LogP contribution in [-0.2, 0) is 4.79 Å². The Morgan fingerprint density at radius 3 is 2.77 bits per heavy atom. The number of benzene rings is 2. The highest BCUT2D eigenvalue weighted by Gasteiger charge is 2.18. The third-order valence-corrected chi connectivity index (χ3v) is 7.40. The predicted molar refractivity (Wildman–Crippen MR) is 155 cm³/mol. The molecule has 0 fully saturated rings. The third-order valence-electron chi connectivity index (χ3n) is 6.33. The van der Waals surface area contributed by atoms with Crippen LogP contribution in [0.25, 0.3) is 16.9 Å². The Morgan fingerprint density at radius 2 is 1.97 bits per heavy atom. The summed E-state index contributed by atoms with van der Waals surface area (Å²) in [4.78, 5) is 21.5. The smallest absolute Gasteiger partial charge is 0.262 e. The number of pyridine rings is 1. The van der Waals surface area contributed by atoms with Crippen LogP contribution >= 0.6 is 22.9 Å². The monoisotopic (exact) mass is 554 g/mol. The van der Waals surface area contributed by atoms with Gasteiger partial charge in [0, 0.05) is 44.8 Å². The number of fused-ring (bicyclic) bond motifs is 1. The number of anilines is 1. The van der Waals surface area contributed by atoms with Gasteiger partial charge >= 0.3 is 0 Å². The molecule has 0 saturated carbocycles. The summed E-state index contributed by atoms with van der Waals surface area (Å²) in [6.07, 6.45) is 5.26. The van der Waals surface area contributed by atoms with Crippen molar-refractivity contribution in [1.82, 2.24) is 14.2 Å². The van der Waals surface area contributed by atoms with Gasteiger partial charge in [-0.15, -0.1) is 11.3 Å². The predicted octanol–water partition coefficient (Wildman–Crippen LogP) is 6.12. The molecule has 10 heteroatoms. The number of halogens is 1. The van der Waals surface area contributed by atoms with Gasteiger partial charge in [-0.05, 0) is 74.5 Å². The minimum absolute atomic E-state index is 0.0116. The molecule has 39 heavy (non-hydrogen) atoms. The molecule has 194 valence electrons. The van der Waals surface area contributed by atoms with Crippen molar-refractivity contribution in [2.24, 2.45) is 10.1 Å². The van der Waals surface area contributed by atoms with Gasteiger partial charge < -0.3 is 14.6 Å². The van der Waals surface area contributed by atoms with Gasteiger partial charge in [-0.2, -0.15) is 5.10 Å². The van der Waals surface area contributed by atoms with Crippen LogP contribution in [0, 0.1) is 13.8 Å². The first-order valence-electron chi connectivity index (χ1n) is 12.2. The highest BCUT2D eigenvalue weighted by Crippen LogP contribution is 2.33. The number of thiazole rings is 1. The fraction of sp³-hybridized carbons (Fsp3) is 0.103. The van der Waals surface area contributed by atoms with E-state index in [1.54, 1.807) is 17.1 Å². The second-order valence-electron chi connectivity index (χ2n) is 8.97. The van der Waals surface area contributed by atoms with Gasteiger partial charge in [0.05, 0.1) is 29.5 Å². The van der Waals surface area contributed by atoms with E-state index in [1.807, 2.05) is 66.2 Å². The molecule has 0 atom stereocenters. The number of carbonyl (C=O) groups is 1. The van der Waals surface area contributed by atoms with E-state index in [0.717, 1.165) is 39.6 Å². The second kappa shape index (κ2) is 10.4. The summed E-state index contributed by atoms with van der Waals surface area (Å²) in [5.41, 5.74) is 7.19. The standard InChI is InChI=1S/C29H23ClN6O2S/c1-18-12-21(19(2)35(18)24-8-6-22(30)7-9-24)14-32-36-26(17-39-29(36)33-23-4-3-11-31-15-23)20-5-10-27-25(13-20)34-28(37)16-38-27/h3-15,17H,16H2,1-2H3,(H,34,37). The molecule has 0 aliphatic carbocycles. The SMILES string of the molecule is Cc1cc(C=Nn2c(-c3ccc4c(c3)NC(=O)CO4)csc2=Nc2cccnc2)c(C)n1-c1ccc(Cl)cc1. The zero-order valence-electron chi connectivity index (χ0n) is 21.1. The Labute approximate surface area is 233 Å². The first-order valence-corrected chi connectivity index (χ1v) is 13.4. The zero-order valence-corrected chi connectivity index (χ0v) is 22.7. The van der Waals surface area contributed by atoms with E-state index in [9.17, 15) is 4.79 Å². The molecule has 4 heterocycles. The lowest BCUT2D eigenvalue weighted by Crippen LogP contribution is -2.25. The molecule has 1 aliphatic rings. The molecule has 0 spiro atoms. The van der Waals surface area contributed by atoms with Crippen LogP contribution in [0.1, 0.15) is 17.0 Å². The average molecular weight is 555 g/mol. The van der Waals surface area contributed by atoms with E-state index in [2.05, 4.69) is 34.8 Å². The Balaban J connectivity index is 1.45. The molecule has 0 bridgehead atoms. The molecule has 1 amide bonds. The van der Waals surface area contributed by atoms with Gasteiger partial charge in [-0.25, -0.2) is 9.67 Å². The molecule has 0 unspecified atom stereocenters. The molecule has 3 aromatic heterocycles. The minimum atomic E-state index is -0.181. The number of nitrogens with zero attached hydrogens (tertiary/aromatic N) is 5. The maximum Gasteiger partial charge on any atom is 0.262 e. The number of aromatic nitrogens is 3. The van der Waals surface area contributed by atoms with Crippen molar-refractivity contribution in [3.05, 3.63) is 105 Å². The average Bonchev–Trinajstić information content (AvgIpc) is 3.47. The molecular weight excluding hydrogens is 532 g/mol. The van der Waals surface area contributed by atoms with E-state index < -0.39 is 0 Å². The molecule has 6 rings (SSSR count). The molecule has 8 nitrogen and oxygen atoms in total. The number of nitrogens with one attached hydrogen (secondary N) is 1.